The first-order valence-electron chi connectivity index (χ1n) is 14.7. The average molecular weight is 581 g/mol. The molecular formula is C35H64O6. The monoisotopic (exact) mass is 580 g/mol. The number of esters is 3. The Balaban J connectivity index is -0.000000269. The van der Waals surface area contributed by atoms with Gasteiger partial charge in [0, 0.05) is 27.4 Å². The third-order valence-electron chi connectivity index (χ3n) is 6.67. The lowest BCUT2D eigenvalue weighted by Gasteiger charge is -2.19. The summed E-state index contributed by atoms with van der Waals surface area (Å²) in [6.45, 7) is 29.0. The molecule has 0 saturated heterocycles. The van der Waals surface area contributed by atoms with Gasteiger partial charge in [-0.05, 0) is 88.9 Å². The van der Waals surface area contributed by atoms with E-state index in [1.807, 2.05) is 12.2 Å². The first-order chi connectivity index (χ1) is 18.7. The van der Waals surface area contributed by atoms with E-state index >= 15 is 0 Å². The molecule has 0 spiro atoms. The number of hydrogen-bond donors (Lipinski definition) is 1. The summed E-state index contributed by atoms with van der Waals surface area (Å²) in [4.78, 5) is 30.3. The van der Waals surface area contributed by atoms with Crippen molar-refractivity contribution < 1.29 is 29.0 Å². The Hall–Kier alpha value is -2.47. The summed E-state index contributed by atoms with van der Waals surface area (Å²) in [5.74, 6) is 1.13. The van der Waals surface area contributed by atoms with Crippen LogP contribution in [0.1, 0.15) is 120 Å². The second-order valence-electron chi connectivity index (χ2n) is 10.9. The van der Waals surface area contributed by atoms with E-state index in [0.29, 0.717) is 36.9 Å². The molecule has 0 aliphatic heterocycles. The van der Waals surface area contributed by atoms with Crippen LogP contribution >= 0.6 is 0 Å². The molecule has 6 nitrogen and oxygen atoms in total. The summed E-state index contributed by atoms with van der Waals surface area (Å²) in [5, 5.41) is 8.82. The number of ether oxygens (including phenoxy) is 2. The van der Waals surface area contributed by atoms with Gasteiger partial charge >= 0.3 is 17.9 Å². The third-order valence-corrected chi connectivity index (χ3v) is 6.67. The van der Waals surface area contributed by atoms with Crippen LogP contribution in [0, 0.1) is 23.7 Å². The van der Waals surface area contributed by atoms with Crippen LogP contribution in [0.3, 0.4) is 0 Å². The first kappa shape index (κ1) is 45.5. The van der Waals surface area contributed by atoms with Crippen molar-refractivity contribution in [1.29, 1.82) is 0 Å². The van der Waals surface area contributed by atoms with Crippen LogP contribution in [0.15, 0.2) is 49.6 Å². The Labute approximate surface area is 253 Å². The molecule has 0 aliphatic rings. The molecule has 0 aliphatic carbocycles. The summed E-state index contributed by atoms with van der Waals surface area (Å²) >= 11 is 0. The number of carbonyl (C=O) groups excluding carboxylic acids is 3. The summed E-state index contributed by atoms with van der Waals surface area (Å²) in [6, 6.07) is 0. The lowest BCUT2D eigenvalue weighted by molar-refractivity contribution is -0.156. The van der Waals surface area contributed by atoms with Gasteiger partial charge in [-0.1, -0.05) is 70.6 Å². The number of hydrogen-bond acceptors (Lipinski definition) is 6. The van der Waals surface area contributed by atoms with Crippen LogP contribution in [0.25, 0.3) is 0 Å². The summed E-state index contributed by atoms with van der Waals surface area (Å²) in [7, 11) is 0. The molecule has 1 N–H and O–H groups in total. The molecule has 0 aromatic heterocycles. The Kier molecular flexibility index (Phi) is 33.8. The average Bonchev–Trinajstić information content (AvgIpc) is 2.83. The van der Waals surface area contributed by atoms with Gasteiger partial charge in [0.2, 0.25) is 0 Å². The number of carbonyl (C=O) groups is 3. The molecule has 0 bridgehead atoms. The molecule has 0 aromatic carbocycles. The second-order valence-corrected chi connectivity index (χ2v) is 10.9. The van der Waals surface area contributed by atoms with Gasteiger partial charge in [-0.25, -0.2) is 0 Å². The van der Waals surface area contributed by atoms with Crippen molar-refractivity contribution in [2.75, 3.05) is 13.2 Å². The van der Waals surface area contributed by atoms with Crippen molar-refractivity contribution in [2.24, 2.45) is 23.7 Å². The third kappa shape index (κ3) is 35.5. The second kappa shape index (κ2) is 30.5. The molecule has 4 atom stereocenters. The standard InChI is InChI=1S/C16H28O2.C14H26O.C4H6O3.CH4/c1-6-7-8-16(13(2)3)10-9-14(4)11-12-18-15(5)17;1-5-6-7-14(12(2)3)9-8-13(4)10-11-15;1-3(5)7-4(2)6;/h6,14,16H,1-2,7-12H2,3-5H3;5,13-15H,1-2,6-11H2,3-4H3;1-2H3;1H4. The molecule has 0 fully saturated rings. The topological polar surface area (TPSA) is 89.9 Å². The SMILES string of the molecule is C.C=CCCC(CCC(C)CCO)C(=C)C.C=CCCC(CCC(C)CCOC(C)=O)C(=C)C.CC(=O)OC(C)=O. The fourth-order valence-corrected chi connectivity index (χ4v) is 4.00. The Morgan fingerprint density at radius 3 is 1.32 bits per heavy atom. The van der Waals surface area contributed by atoms with Crippen LogP contribution in [0.2, 0.25) is 0 Å². The van der Waals surface area contributed by atoms with Crippen molar-refractivity contribution >= 4 is 17.9 Å². The van der Waals surface area contributed by atoms with Gasteiger partial charge in [-0.3, -0.25) is 14.4 Å². The van der Waals surface area contributed by atoms with Crippen LogP contribution in [0.5, 0.6) is 0 Å². The maximum atomic E-state index is 10.7. The minimum Gasteiger partial charge on any atom is -0.466 e. The molecule has 0 saturated carbocycles. The number of rotatable bonds is 19. The van der Waals surface area contributed by atoms with Crippen LogP contribution in [-0.2, 0) is 23.9 Å². The minimum atomic E-state index is -0.562. The Morgan fingerprint density at radius 2 is 1.05 bits per heavy atom. The van der Waals surface area contributed by atoms with E-state index in [1.54, 1.807) is 0 Å². The summed E-state index contributed by atoms with van der Waals surface area (Å²) < 4.78 is 8.93. The maximum absolute atomic E-state index is 10.7. The van der Waals surface area contributed by atoms with Crippen molar-refractivity contribution in [3.05, 3.63) is 49.6 Å². The van der Waals surface area contributed by atoms with E-state index in [2.05, 4.69) is 58.7 Å². The normalized spacial score (nSPS) is 12.7. The van der Waals surface area contributed by atoms with Gasteiger partial charge < -0.3 is 14.6 Å². The molecular weight excluding hydrogens is 516 g/mol. The molecule has 0 radical (unpaired) electrons. The van der Waals surface area contributed by atoms with Crippen LogP contribution < -0.4 is 0 Å². The van der Waals surface area contributed by atoms with E-state index < -0.39 is 11.9 Å². The Morgan fingerprint density at radius 1 is 0.659 bits per heavy atom. The molecule has 6 heteroatoms. The van der Waals surface area contributed by atoms with Crippen molar-refractivity contribution in [2.45, 2.75) is 120 Å². The lowest BCUT2D eigenvalue weighted by atomic mass is 9.88. The van der Waals surface area contributed by atoms with Crippen molar-refractivity contribution in [3.63, 3.8) is 0 Å². The first-order valence-corrected chi connectivity index (χ1v) is 14.7. The number of allylic oxidation sites excluding steroid dienone is 4. The molecule has 0 aromatic rings. The quantitative estimate of drug-likeness (QED) is 0.0930. The Bertz CT molecular complexity index is 727. The molecule has 0 amide bonds. The minimum absolute atomic E-state index is 0. The van der Waals surface area contributed by atoms with Gasteiger partial charge in [0.05, 0.1) is 6.61 Å². The summed E-state index contributed by atoms with van der Waals surface area (Å²) in [5.41, 5.74) is 2.55. The van der Waals surface area contributed by atoms with Gasteiger partial charge in [-0.15, -0.1) is 13.2 Å². The van der Waals surface area contributed by atoms with E-state index in [-0.39, 0.29) is 13.4 Å². The highest BCUT2D eigenvalue weighted by Gasteiger charge is 2.12. The zero-order chi connectivity index (χ0) is 31.5. The highest BCUT2D eigenvalue weighted by Crippen LogP contribution is 2.25. The molecule has 0 rings (SSSR count). The lowest BCUT2D eigenvalue weighted by Crippen LogP contribution is -2.08. The molecule has 0 heterocycles. The maximum Gasteiger partial charge on any atom is 0.310 e. The van der Waals surface area contributed by atoms with Gasteiger partial charge in [0.25, 0.3) is 0 Å². The predicted molar refractivity (Wildman–Crippen MR) is 174 cm³/mol. The number of aliphatic hydroxyl groups excluding tert-OH is 1. The molecule has 240 valence electrons. The fraction of sp³-hybridized carbons (Fsp3) is 0.686. The van der Waals surface area contributed by atoms with Gasteiger partial charge in [0.15, 0.2) is 0 Å². The van der Waals surface area contributed by atoms with Crippen molar-refractivity contribution in [1.82, 2.24) is 0 Å². The largest absolute Gasteiger partial charge is 0.466 e. The zero-order valence-electron chi connectivity index (χ0n) is 26.8. The highest BCUT2D eigenvalue weighted by atomic mass is 16.6. The van der Waals surface area contributed by atoms with E-state index in [0.717, 1.165) is 38.5 Å². The van der Waals surface area contributed by atoms with Crippen LogP contribution in [0.4, 0.5) is 0 Å². The van der Waals surface area contributed by atoms with Gasteiger partial charge in [0.1, 0.15) is 0 Å². The van der Waals surface area contributed by atoms with E-state index in [4.69, 9.17) is 9.84 Å². The predicted octanol–water partition coefficient (Wildman–Crippen LogP) is 9.19. The van der Waals surface area contributed by atoms with E-state index in [1.165, 1.54) is 57.6 Å². The highest BCUT2D eigenvalue weighted by molar-refractivity contribution is 5.82. The number of aliphatic hydroxyl groups is 1. The van der Waals surface area contributed by atoms with E-state index in [9.17, 15) is 14.4 Å². The van der Waals surface area contributed by atoms with Crippen LogP contribution in [-0.4, -0.2) is 36.2 Å². The fourth-order valence-electron chi connectivity index (χ4n) is 4.00. The summed E-state index contributed by atoms with van der Waals surface area (Å²) in [6.07, 6.45) is 15.0. The molecule has 4 unspecified atom stereocenters. The smallest absolute Gasteiger partial charge is 0.310 e. The van der Waals surface area contributed by atoms with Gasteiger partial charge in [-0.2, -0.15) is 0 Å². The van der Waals surface area contributed by atoms with Crippen molar-refractivity contribution in [3.8, 4) is 0 Å². The zero-order valence-corrected chi connectivity index (χ0v) is 26.8. The molecule has 41 heavy (non-hydrogen) atoms.